The maximum atomic E-state index is 12.6. The number of hydrogen-bond acceptors (Lipinski definition) is 6. The van der Waals surface area contributed by atoms with Crippen molar-refractivity contribution in [1.29, 1.82) is 0 Å². The summed E-state index contributed by atoms with van der Waals surface area (Å²) < 4.78 is 7.05. The molecule has 0 radical (unpaired) electrons. The lowest BCUT2D eigenvalue weighted by Gasteiger charge is -2.13. The summed E-state index contributed by atoms with van der Waals surface area (Å²) >= 11 is 1.33. The molecule has 0 spiro atoms. The second kappa shape index (κ2) is 11.7. The van der Waals surface area contributed by atoms with Gasteiger partial charge in [0.15, 0.2) is 11.0 Å². The van der Waals surface area contributed by atoms with E-state index in [0.717, 1.165) is 28.1 Å². The van der Waals surface area contributed by atoms with Crippen LogP contribution < -0.4 is 15.4 Å². The van der Waals surface area contributed by atoms with Crippen LogP contribution in [0.25, 0.3) is 0 Å². The third-order valence-electron chi connectivity index (χ3n) is 5.35. The quantitative estimate of drug-likeness (QED) is 0.427. The fourth-order valence-electron chi connectivity index (χ4n) is 3.73. The number of carbonyl (C=O) groups excluding carboxylic acids is 2. The highest BCUT2D eigenvalue weighted by Gasteiger charge is 2.15. The molecule has 9 heteroatoms. The van der Waals surface area contributed by atoms with E-state index in [-0.39, 0.29) is 30.5 Å². The van der Waals surface area contributed by atoms with Crippen molar-refractivity contribution in [3.63, 3.8) is 0 Å². The number of aromatic nitrogens is 3. The van der Waals surface area contributed by atoms with E-state index in [2.05, 4.69) is 33.0 Å². The second-order valence-electron chi connectivity index (χ2n) is 8.06. The Bertz CT molecular complexity index is 1130. The number of benzene rings is 2. The van der Waals surface area contributed by atoms with Crippen LogP contribution in [0.3, 0.4) is 0 Å². The van der Waals surface area contributed by atoms with Crippen LogP contribution in [-0.4, -0.2) is 39.4 Å². The molecule has 0 bridgehead atoms. The zero-order valence-corrected chi connectivity index (χ0v) is 21.1. The van der Waals surface area contributed by atoms with Gasteiger partial charge >= 0.3 is 0 Å². The van der Waals surface area contributed by atoms with Gasteiger partial charge in [0.2, 0.25) is 11.8 Å². The van der Waals surface area contributed by atoms with Gasteiger partial charge in [0.1, 0.15) is 5.75 Å². The third-order valence-corrected chi connectivity index (χ3v) is 6.32. The number of anilines is 1. The van der Waals surface area contributed by atoms with Gasteiger partial charge in [-0.2, -0.15) is 0 Å². The first-order valence-electron chi connectivity index (χ1n) is 11.1. The van der Waals surface area contributed by atoms with Gasteiger partial charge in [0.05, 0.1) is 25.8 Å². The highest BCUT2D eigenvalue weighted by molar-refractivity contribution is 7.99. The van der Waals surface area contributed by atoms with Gasteiger partial charge in [0, 0.05) is 12.2 Å². The number of nitrogens with zero attached hydrogens (tertiary/aromatic N) is 3. The Morgan fingerprint density at radius 2 is 1.71 bits per heavy atom. The summed E-state index contributed by atoms with van der Waals surface area (Å²) in [6.45, 7) is 8.91. The predicted molar refractivity (Wildman–Crippen MR) is 134 cm³/mol. The molecule has 0 aliphatic heterocycles. The van der Waals surface area contributed by atoms with Crippen LogP contribution in [0.4, 0.5) is 5.69 Å². The molecule has 34 heavy (non-hydrogen) atoms. The maximum absolute atomic E-state index is 12.6. The van der Waals surface area contributed by atoms with Crippen LogP contribution in [0, 0.1) is 20.8 Å². The molecule has 0 saturated heterocycles. The standard InChI is InChI=1S/C25H31N5O3S/c1-6-30-21(14-26-22(31)13-19-7-9-20(33-5)10-8-19)28-29-25(30)34-15-23(32)27-24-17(3)11-16(2)12-18(24)4/h7-12H,6,13-15H2,1-5H3,(H,26,31)(H,27,32). The van der Waals surface area contributed by atoms with E-state index in [4.69, 9.17) is 4.74 Å². The molecule has 1 aromatic heterocycles. The first kappa shape index (κ1) is 25.3. The van der Waals surface area contributed by atoms with Crippen LogP contribution in [0.15, 0.2) is 41.6 Å². The van der Waals surface area contributed by atoms with Crippen molar-refractivity contribution in [2.75, 3.05) is 18.2 Å². The van der Waals surface area contributed by atoms with Crippen molar-refractivity contribution in [1.82, 2.24) is 20.1 Å². The van der Waals surface area contributed by atoms with E-state index in [1.807, 2.05) is 56.5 Å². The van der Waals surface area contributed by atoms with Crippen LogP contribution in [0.2, 0.25) is 0 Å². The molecule has 2 aromatic carbocycles. The van der Waals surface area contributed by atoms with Gasteiger partial charge in [0.25, 0.3) is 0 Å². The molecule has 0 fully saturated rings. The molecule has 1 heterocycles. The topological polar surface area (TPSA) is 98.1 Å². The van der Waals surface area contributed by atoms with Gasteiger partial charge in [-0.3, -0.25) is 9.59 Å². The molecular formula is C25H31N5O3S. The van der Waals surface area contributed by atoms with Gasteiger partial charge < -0.3 is 19.9 Å². The first-order valence-corrected chi connectivity index (χ1v) is 12.1. The Hall–Kier alpha value is -3.33. The Labute approximate surface area is 204 Å². The van der Waals surface area contributed by atoms with Gasteiger partial charge in [-0.15, -0.1) is 10.2 Å². The van der Waals surface area contributed by atoms with E-state index in [9.17, 15) is 9.59 Å². The Balaban J connectivity index is 1.54. The van der Waals surface area contributed by atoms with Crippen LogP contribution in [-0.2, 0) is 29.1 Å². The van der Waals surface area contributed by atoms with Gasteiger partial charge in [-0.05, 0) is 56.5 Å². The van der Waals surface area contributed by atoms with Crippen LogP contribution in [0.5, 0.6) is 5.75 Å². The first-order chi connectivity index (χ1) is 16.3. The second-order valence-corrected chi connectivity index (χ2v) is 9.00. The monoisotopic (exact) mass is 481 g/mol. The Morgan fingerprint density at radius 3 is 2.32 bits per heavy atom. The molecule has 2 N–H and O–H groups in total. The van der Waals surface area contributed by atoms with Crippen molar-refractivity contribution in [2.24, 2.45) is 0 Å². The van der Waals surface area contributed by atoms with E-state index in [0.29, 0.717) is 17.5 Å². The highest BCUT2D eigenvalue weighted by Crippen LogP contribution is 2.23. The molecule has 180 valence electrons. The zero-order chi connectivity index (χ0) is 24.7. The van der Waals surface area contributed by atoms with Crippen molar-refractivity contribution in [2.45, 2.75) is 52.4 Å². The number of methoxy groups -OCH3 is 1. The fraction of sp³-hybridized carbons (Fsp3) is 0.360. The van der Waals surface area contributed by atoms with Crippen molar-refractivity contribution < 1.29 is 14.3 Å². The molecule has 0 saturated carbocycles. The summed E-state index contributed by atoms with van der Waals surface area (Å²) in [5, 5.41) is 15.0. The number of carbonyl (C=O) groups is 2. The lowest BCUT2D eigenvalue weighted by molar-refractivity contribution is -0.120. The molecule has 2 amide bonds. The summed E-state index contributed by atoms with van der Waals surface area (Å²) in [7, 11) is 1.61. The van der Waals surface area contributed by atoms with E-state index < -0.39 is 0 Å². The van der Waals surface area contributed by atoms with Crippen molar-refractivity contribution in [3.8, 4) is 5.75 Å². The minimum Gasteiger partial charge on any atom is -0.497 e. The molecular weight excluding hydrogens is 450 g/mol. The Morgan fingerprint density at radius 1 is 1.03 bits per heavy atom. The average molecular weight is 482 g/mol. The van der Waals surface area contributed by atoms with Crippen LogP contribution >= 0.6 is 11.8 Å². The van der Waals surface area contributed by atoms with Crippen LogP contribution in [0.1, 0.15) is 35.0 Å². The summed E-state index contributed by atoms with van der Waals surface area (Å²) in [4.78, 5) is 24.9. The number of amides is 2. The van der Waals surface area contributed by atoms with Crippen molar-refractivity contribution >= 4 is 29.3 Å². The lowest BCUT2D eigenvalue weighted by Crippen LogP contribution is -2.26. The third kappa shape index (κ3) is 6.60. The van der Waals surface area contributed by atoms with Gasteiger partial charge in [-0.1, -0.05) is 41.6 Å². The molecule has 0 unspecified atom stereocenters. The number of rotatable bonds is 10. The zero-order valence-electron chi connectivity index (χ0n) is 20.3. The average Bonchev–Trinajstić information content (AvgIpc) is 3.21. The summed E-state index contributed by atoms with van der Waals surface area (Å²) in [6.07, 6.45) is 0.268. The van der Waals surface area contributed by atoms with Crippen molar-refractivity contribution in [3.05, 3.63) is 64.5 Å². The lowest BCUT2D eigenvalue weighted by atomic mass is 10.1. The number of ether oxygens (including phenoxy) is 1. The summed E-state index contributed by atoms with van der Waals surface area (Å²) in [6, 6.07) is 11.5. The maximum Gasteiger partial charge on any atom is 0.234 e. The number of thioether (sulfide) groups is 1. The largest absolute Gasteiger partial charge is 0.497 e. The SMILES string of the molecule is CCn1c(CNC(=O)Cc2ccc(OC)cc2)nnc1SCC(=O)Nc1c(C)cc(C)cc1C. The molecule has 3 rings (SSSR count). The summed E-state index contributed by atoms with van der Waals surface area (Å²) in [5.74, 6) is 1.42. The smallest absolute Gasteiger partial charge is 0.234 e. The van der Waals surface area contributed by atoms with E-state index >= 15 is 0 Å². The van der Waals surface area contributed by atoms with E-state index in [1.54, 1.807) is 7.11 Å². The number of hydrogen-bond donors (Lipinski definition) is 2. The molecule has 3 aromatic rings. The molecule has 0 aliphatic rings. The molecule has 0 atom stereocenters. The predicted octanol–water partition coefficient (Wildman–Crippen LogP) is 3.82. The highest BCUT2D eigenvalue weighted by atomic mass is 32.2. The van der Waals surface area contributed by atoms with E-state index in [1.165, 1.54) is 17.3 Å². The fourth-order valence-corrected chi connectivity index (χ4v) is 4.55. The number of nitrogens with one attached hydrogen (secondary N) is 2. The normalized spacial score (nSPS) is 10.7. The minimum absolute atomic E-state index is 0.0972. The summed E-state index contributed by atoms with van der Waals surface area (Å²) in [5.41, 5.74) is 5.01. The number of aryl methyl sites for hydroxylation is 3. The minimum atomic E-state index is -0.103. The Kier molecular flexibility index (Phi) is 8.70. The molecule has 8 nitrogen and oxygen atoms in total. The van der Waals surface area contributed by atoms with Gasteiger partial charge in [-0.25, -0.2) is 0 Å². The molecule has 0 aliphatic carbocycles.